The van der Waals surface area contributed by atoms with Crippen LogP contribution in [0.1, 0.15) is 46.4 Å². The van der Waals surface area contributed by atoms with Gasteiger partial charge in [-0.15, -0.1) is 0 Å². The minimum atomic E-state index is -0.670. The minimum absolute atomic E-state index is 0.0360. The first kappa shape index (κ1) is 27.8. The molecule has 5 aromatic rings. The molecule has 3 aliphatic rings. The number of likely N-dealkylation sites (tertiary alicyclic amines) is 1. The zero-order valence-corrected chi connectivity index (χ0v) is 25.3. The van der Waals surface area contributed by atoms with E-state index in [1.165, 1.54) is 6.07 Å². The maximum absolute atomic E-state index is 15.4. The average molecular weight is 607 g/mol. The van der Waals surface area contributed by atoms with Gasteiger partial charge in [-0.3, -0.25) is 9.59 Å². The number of para-hydroxylation sites is 1. The SMILES string of the molecule is COc1cc(C(=O)N2C[C@H]3CC[C@@H]2[C@@H]3N)cc2nc(-c3cc4cccc(-c5ccc(C(N)=O)cc5F)c4n3CC3CC3)n(C)c12. The van der Waals surface area contributed by atoms with E-state index in [1.807, 2.05) is 46.8 Å². The number of rotatable bonds is 7. The lowest BCUT2D eigenvalue weighted by Crippen LogP contribution is -2.41. The Balaban J connectivity index is 1.27. The van der Waals surface area contributed by atoms with Crippen molar-refractivity contribution < 1.29 is 18.7 Å². The molecule has 45 heavy (non-hydrogen) atoms. The number of imidazole rings is 1. The van der Waals surface area contributed by atoms with Gasteiger partial charge in [0.25, 0.3) is 5.91 Å². The third-order valence-corrected chi connectivity index (χ3v) is 10.1. The van der Waals surface area contributed by atoms with Gasteiger partial charge in [-0.05, 0) is 67.9 Å². The molecule has 0 unspecified atom stereocenters. The van der Waals surface area contributed by atoms with Crippen LogP contribution in [0.4, 0.5) is 4.39 Å². The van der Waals surface area contributed by atoms with Gasteiger partial charge in [0.1, 0.15) is 17.1 Å². The summed E-state index contributed by atoms with van der Waals surface area (Å²) in [7, 11) is 3.56. The monoisotopic (exact) mass is 606 g/mol. The number of nitrogens with two attached hydrogens (primary N) is 2. The number of hydrogen-bond donors (Lipinski definition) is 2. The third kappa shape index (κ3) is 4.34. The van der Waals surface area contributed by atoms with Crippen LogP contribution in [0.5, 0.6) is 5.75 Å². The number of primary amides is 1. The largest absolute Gasteiger partial charge is 0.494 e. The number of methoxy groups -OCH3 is 1. The van der Waals surface area contributed by atoms with Gasteiger partial charge in [-0.25, -0.2) is 9.37 Å². The second-order valence-electron chi connectivity index (χ2n) is 12.9. The molecular formula is C35H35FN6O3. The molecular weight excluding hydrogens is 571 g/mol. The van der Waals surface area contributed by atoms with Gasteiger partial charge in [-0.2, -0.15) is 0 Å². The summed E-state index contributed by atoms with van der Waals surface area (Å²) >= 11 is 0. The number of halogens is 1. The first-order chi connectivity index (χ1) is 21.7. The molecule has 2 bridgehead atoms. The number of benzene rings is 3. The second kappa shape index (κ2) is 10.2. The Kier molecular flexibility index (Phi) is 6.29. The van der Waals surface area contributed by atoms with Gasteiger partial charge >= 0.3 is 0 Å². The molecule has 0 spiro atoms. The van der Waals surface area contributed by atoms with Crippen molar-refractivity contribution in [1.82, 2.24) is 19.0 Å². The molecule has 10 heteroatoms. The van der Waals surface area contributed by atoms with Gasteiger partial charge in [0, 0.05) is 59.9 Å². The van der Waals surface area contributed by atoms with Crippen molar-refractivity contribution in [1.29, 1.82) is 0 Å². The first-order valence-electron chi connectivity index (χ1n) is 15.6. The molecule has 4 N–H and O–H groups in total. The molecule has 3 heterocycles. The summed E-state index contributed by atoms with van der Waals surface area (Å²) in [5.41, 5.74) is 16.9. The number of aromatic nitrogens is 3. The normalized spacial score (nSPS) is 20.9. The summed E-state index contributed by atoms with van der Waals surface area (Å²) in [5.74, 6) is 0.967. The van der Waals surface area contributed by atoms with Gasteiger partial charge in [-0.1, -0.05) is 24.3 Å². The molecule has 1 saturated heterocycles. The van der Waals surface area contributed by atoms with Crippen LogP contribution in [-0.2, 0) is 13.6 Å². The highest BCUT2D eigenvalue weighted by atomic mass is 19.1. The third-order valence-electron chi connectivity index (χ3n) is 10.1. The zero-order chi connectivity index (χ0) is 31.1. The number of piperidine rings is 1. The van der Waals surface area contributed by atoms with Crippen molar-refractivity contribution in [3.8, 4) is 28.4 Å². The first-order valence-corrected chi connectivity index (χ1v) is 15.6. The lowest BCUT2D eigenvalue weighted by atomic mass is 10.0. The maximum Gasteiger partial charge on any atom is 0.254 e. The van der Waals surface area contributed by atoms with Crippen molar-refractivity contribution in [2.24, 2.45) is 30.4 Å². The quantitative estimate of drug-likeness (QED) is 0.268. The van der Waals surface area contributed by atoms with E-state index in [2.05, 4.69) is 10.6 Å². The van der Waals surface area contributed by atoms with Crippen LogP contribution in [0.15, 0.2) is 54.6 Å². The summed E-state index contributed by atoms with van der Waals surface area (Å²) in [6.45, 7) is 1.45. The molecule has 2 aromatic heterocycles. The van der Waals surface area contributed by atoms with E-state index < -0.39 is 11.7 Å². The number of amides is 2. The molecule has 1 aliphatic heterocycles. The Bertz CT molecular complexity index is 2040. The number of carbonyl (C=O) groups is 2. The highest BCUT2D eigenvalue weighted by Gasteiger charge is 2.47. The molecule has 3 fully saturated rings. The van der Waals surface area contributed by atoms with Crippen molar-refractivity contribution in [3.05, 3.63) is 71.5 Å². The lowest BCUT2D eigenvalue weighted by molar-refractivity contribution is 0.0700. The molecule has 0 radical (unpaired) electrons. The molecule has 2 saturated carbocycles. The predicted molar refractivity (Wildman–Crippen MR) is 170 cm³/mol. The van der Waals surface area contributed by atoms with Crippen LogP contribution in [0.2, 0.25) is 0 Å². The maximum atomic E-state index is 15.4. The van der Waals surface area contributed by atoms with Crippen LogP contribution in [0.25, 0.3) is 44.6 Å². The summed E-state index contributed by atoms with van der Waals surface area (Å²) in [6.07, 6.45) is 4.28. The number of carbonyl (C=O) groups excluding carboxylic acids is 2. The van der Waals surface area contributed by atoms with Crippen LogP contribution in [0, 0.1) is 17.7 Å². The highest BCUT2D eigenvalue weighted by molar-refractivity contribution is 6.02. The number of aryl methyl sites for hydroxylation is 1. The van der Waals surface area contributed by atoms with E-state index in [4.69, 9.17) is 21.2 Å². The van der Waals surface area contributed by atoms with Crippen molar-refractivity contribution in [3.63, 3.8) is 0 Å². The summed E-state index contributed by atoms with van der Waals surface area (Å²) in [5, 5.41) is 0.955. The zero-order valence-electron chi connectivity index (χ0n) is 25.3. The Labute approximate surface area is 259 Å². The second-order valence-corrected chi connectivity index (χ2v) is 12.9. The van der Waals surface area contributed by atoms with Gasteiger partial charge in [0.15, 0.2) is 5.82 Å². The number of fused-ring (bicyclic) bond motifs is 4. The topological polar surface area (TPSA) is 121 Å². The molecule has 3 aromatic carbocycles. The summed E-state index contributed by atoms with van der Waals surface area (Å²) < 4.78 is 25.5. The van der Waals surface area contributed by atoms with Gasteiger partial charge in [0.2, 0.25) is 5.91 Å². The minimum Gasteiger partial charge on any atom is -0.494 e. The van der Waals surface area contributed by atoms with Gasteiger partial charge in [0.05, 0.1) is 23.8 Å². The summed E-state index contributed by atoms with van der Waals surface area (Å²) in [6, 6.07) is 16.1. The number of ether oxygens (including phenoxy) is 1. The van der Waals surface area contributed by atoms with E-state index in [0.29, 0.717) is 40.8 Å². The molecule has 230 valence electrons. The Morgan fingerprint density at radius 2 is 1.82 bits per heavy atom. The molecule has 3 atom stereocenters. The molecule has 2 aliphatic carbocycles. The Morgan fingerprint density at radius 3 is 2.49 bits per heavy atom. The smallest absolute Gasteiger partial charge is 0.254 e. The van der Waals surface area contributed by atoms with E-state index in [1.54, 1.807) is 19.2 Å². The number of nitrogens with zero attached hydrogens (tertiary/aromatic N) is 4. The van der Waals surface area contributed by atoms with E-state index in [9.17, 15) is 9.59 Å². The number of hydrogen-bond acceptors (Lipinski definition) is 5. The fourth-order valence-electron chi connectivity index (χ4n) is 7.63. The van der Waals surface area contributed by atoms with E-state index >= 15 is 4.39 Å². The lowest BCUT2D eigenvalue weighted by Gasteiger charge is -2.27. The van der Waals surface area contributed by atoms with E-state index in [0.717, 1.165) is 65.7 Å². The van der Waals surface area contributed by atoms with Crippen molar-refractivity contribution in [2.45, 2.75) is 44.3 Å². The van der Waals surface area contributed by atoms with Crippen LogP contribution >= 0.6 is 0 Å². The Hall–Kier alpha value is -4.70. The molecule has 8 rings (SSSR count). The summed E-state index contributed by atoms with van der Waals surface area (Å²) in [4.78, 5) is 32.4. The average Bonchev–Trinajstić information content (AvgIpc) is 3.42. The predicted octanol–water partition coefficient (Wildman–Crippen LogP) is 5.08. The van der Waals surface area contributed by atoms with Crippen LogP contribution < -0.4 is 16.2 Å². The highest BCUT2D eigenvalue weighted by Crippen LogP contribution is 2.42. The standard InChI is InChI=1S/C35H35FN6O3/c1-40-32-26(13-22(15-29(32)45-2)35(44)42-17-21-9-11-27(42)30(21)37)39-34(40)28-14-19-4-3-5-24(31(19)41(28)16-18-6-7-18)23-10-8-20(33(38)43)12-25(23)36/h3-5,8,10,12-15,18,21,27,30H,6-7,9,11,16-17,37H2,1-2H3,(H2,38,43)/t21-,27-,30-/m1/s1. The van der Waals surface area contributed by atoms with Gasteiger partial charge < -0.3 is 30.2 Å². The van der Waals surface area contributed by atoms with Crippen molar-refractivity contribution in [2.75, 3.05) is 13.7 Å². The van der Waals surface area contributed by atoms with E-state index in [-0.39, 0.29) is 23.6 Å². The Morgan fingerprint density at radius 1 is 1.00 bits per heavy atom. The van der Waals surface area contributed by atoms with Crippen LogP contribution in [-0.4, -0.2) is 56.6 Å². The fourth-order valence-corrected chi connectivity index (χ4v) is 7.63. The fraction of sp³-hybridized carbons (Fsp3) is 0.343. The molecule has 2 amide bonds. The van der Waals surface area contributed by atoms with Crippen molar-refractivity contribution >= 4 is 33.8 Å². The van der Waals surface area contributed by atoms with Crippen LogP contribution in [0.3, 0.4) is 0 Å². The molecule has 9 nitrogen and oxygen atoms in total.